The van der Waals surface area contributed by atoms with Gasteiger partial charge in [0.25, 0.3) is 0 Å². The molecule has 2 fully saturated rings. The van der Waals surface area contributed by atoms with Crippen molar-refractivity contribution in [2.24, 2.45) is 0 Å². The molecule has 3 rings (SSSR count). The number of morpholine rings is 1. The van der Waals surface area contributed by atoms with Gasteiger partial charge in [-0.05, 0) is 26.0 Å². The van der Waals surface area contributed by atoms with Crippen LogP contribution in [0, 0.1) is 0 Å². The lowest BCUT2D eigenvalue weighted by Crippen LogP contribution is -2.59. The number of halogens is 3. The minimum absolute atomic E-state index is 0.0739. The Labute approximate surface area is 120 Å². The third-order valence-corrected chi connectivity index (χ3v) is 4.51. The van der Waals surface area contributed by atoms with Crippen LogP contribution < -0.4 is 0 Å². The molecule has 0 spiro atoms. The van der Waals surface area contributed by atoms with E-state index in [-0.39, 0.29) is 12.1 Å². The van der Waals surface area contributed by atoms with Gasteiger partial charge in [0.2, 0.25) is 0 Å². The summed E-state index contributed by atoms with van der Waals surface area (Å²) in [4.78, 5) is 5.63. The first-order valence-electron chi connectivity index (χ1n) is 6.85. The Hall–Kier alpha value is -1.18. The van der Waals surface area contributed by atoms with Gasteiger partial charge in [-0.1, -0.05) is 6.07 Å². The van der Waals surface area contributed by atoms with Crippen LogP contribution in [0.5, 0.6) is 0 Å². The maximum atomic E-state index is 12.5. The van der Waals surface area contributed by atoms with E-state index in [1.165, 1.54) is 6.07 Å². The zero-order valence-electron chi connectivity index (χ0n) is 11.6. The van der Waals surface area contributed by atoms with Crippen molar-refractivity contribution in [1.29, 1.82) is 0 Å². The Bertz CT molecular complexity index is 504. The maximum absolute atomic E-state index is 12.5. The van der Waals surface area contributed by atoms with Crippen molar-refractivity contribution in [3.8, 4) is 0 Å². The molecule has 2 atom stereocenters. The molecule has 1 aromatic heterocycles. The third-order valence-electron chi connectivity index (χ3n) is 4.51. The molecule has 1 aromatic rings. The number of aromatic nitrogens is 1. The molecule has 2 bridgehead atoms. The highest BCUT2D eigenvalue weighted by molar-refractivity contribution is 5.24. The van der Waals surface area contributed by atoms with Gasteiger partial charge >= 0.3 is 6.18 Å². The summed E-state index contributed by atoms with van der Waals surface area (Å²) < 4.78 is 43.1. The predicted octanol–water partition coefficient (Wildman–Crippen LogP) is 1.78. The number of ether oxygens (including phenoxy) is 1. The third kappa shape index (κ3) is 2.65. The maximum Gasteiger partial charge on any atom is 0.433 e. The first-order valence-corrected chi connectivity index (χ1v) is 6.85. The smallest absolute Gasteiger partial charge is 0.385 e. The minimum atomic E-state index is -4.46. The van der Waals surface area contributed by atoms with Crippen molar-refractivity contribution in [3.05, 3.63) is 29.6 Å². The fourth-order valence-corrected chi connectivity index (χ4v) is 3.21. The van der Waals surface area contributed by atoms with Crippen LogP contribution >= 0.6 is 0 Å². The molecule has 2 unspecified atom stereocenters. The fourth-order valence-electron chi connectivity index (χ4n) is 3.21. The van der Waals surface area contributed by atoms with Crippen LogP contribution in [0.25, 0.3) is 0 Å². The van der Waals surface area contributed by atoms with Crippen molar-refractivity contribution in [3.63, 3.8) is 0 Å². The Morgan fingerprint density at radius 3 is 2.38 bits per heavy atom. The number of alkyl halides is 3. The molecule has 21 heavy (non-hydrogen) atoms. The summed E-state index contributed by atoms with van der Waals surface area (Å²) in [6.07, 6.45) is -2.44. The monoisotopic (exact) mass is 302 g/mol. The number of fused-ring (bicyclic) bond motifs is 2. The Balaban J connectivity index is 1.86. The molecule has 1 N–H and O–H groups in total. The van der Waals surface area contributed by atoms with Gasteiger partial charge in [0.1, 0.15) is 5.69 Å². The molecule has 2 saturated heterocycles. The van der Waals surface area contributed by atoms with Crippen LogP contribution in [0.3, 0.4) is 0 Å². The number of pyridine rings is 1. The first-order chi connectivity index (χ1) is 9.79. The molecule has 3 heterocycles. The number of likely N-dealkylation sites (N-methyl/N-ethyl adjacent to an activating group) is 1. The molecular weight excluding hydrogens is 285 g/mol. The highest BCUT2D eigenvalue weighted by Gasteiger charge is 2.46. The van der Waals surface area contributed by atoms with E-state index in [9.17, 15) is 18.3 Å². The van der Waals surface area contributed by atoms with Crippen molar-refractivity contribution in [1.82, 2.24) is 9.88 Å². The van der Waals surface area contributed by atoms with E-state index in [2.05, 4.69) is 9.88 Å². The summed E-state index contributed by atoms with van der Waals surface area (Å²) in [7, 11) is 1.99. The number of piperidine rings is 1. The van der Waals surface area contributed by atoms with Gasteiger partial charge in [-0.2, -0.15) is 13.2 Å². The van der Waals surface area contributed by atoms with Gasteiger partial charge < -0.3 is 9.84 Å². The van der Waals surface area contributed by atoms with E-state index in [1.54, 1.807) is 0 Å². The summed E-state index contributed by atoms with van der Waals surface area (Å²) >= 11 is 0. The minimum Gasteiger partial charge on any atom is -0.385 e. The van der Waals surface area contributed by atoms with Gasteiger partial charge in [-0.25, -0.2) is 0 Å². The molecule has 0 aliphatic carbocycles. The second-order valence-electron chi connectivity index (χ2n) is 5.88. The number of hydrogen-bond donors (Lipinski definition) is 1. The number of nitrogens with zero attached hydrogens (tertiary/aromatic N) is 2. The fraction of sp³-hybridized carbons (Fsp3) is 0.643. The summed E-state index contributed by atoms with van der Waals surface area (Å²) in [5, 5.41) is 10.9. The zero-order valence-corrected chi connectivity index (χ0v) is 11.6. The van der Waals surface area contributed by atoms with E-state index in [1.807, 2.05) is 7.05 Å². The van der Waals surface area contributed by atoms with Crippen LogP contribution in [-0.2, 0) is 16.5 Å². The summed E-state index contributed by atoms with van der Waals surface area (Å²) in [5.74, 6) is 0. The zero-order chi connectivity index (χ0) is 15.3. The predicted molar refractivity (Wildman–Crippen MR) is 68.5 cm³/mol. The lowest BCUT2D eigenvalue weighted by atomic mass is 9.77. The molecule has 2 aliphatic rings. The van der Waals surface area contributed by atoms with Crippen molar-refractivity contribution < 1.29 is 23.0 Å². The van der Waals surface area contributed by atoms with E-state index in [0.29, 0.717) is 31.6 Å². The lowest BCUT2D eigenvalue weighted by Gasteiger charge is -2.50. The van der Waals surface area contributed by atoms with Crippen molar-refractivity contribution >= 4 is 0 Å². The Morgan fingerprint density at radius 1 is 1.29 bits per heavy atom. The highest BCUT2D eigenvalue weighted by Crippen LogP contribution is 2.40. The topological polar surface area (TPSA) is 45.6 Å². The van der Waals surface area contributed by atoms with Crippen molar-refractivity contribution in [2.75, 3.05) is 20.3 Å². The van der Waals surface area contributed by atoms with Crippen LogP contribution in [0.15, 0.2) is 18.3 Å². The second kappa shape index (κ2) is 4.93. The quantitative estimate of drug-likeness (QED) is 0.859. The molecular formula is C14H17F3N2O2. The Morgan fingerprint density at radius 2 is 1.90 bits per heavy atom. The average Bonchev–Trinajstić information content (AvgIpc) is 2.40. The van der Waals surface area contributed by atoms with Crippen molar-refractivity contribution in [2.45, 2.75) is 36.7 Å². The van der Waals surface area contributed by atoms with Crippen LogP contribution in [-0.4, -0.2) is 47.3 Å². The van der Waals surface area contributed by atoms with Crippen LogP contribution in [0.1, 0.15) is 24.1 Å². The summed E-state index contributed by atoms with van der Waals surface area (Å²) in [5.41, 5.74) is -1.63. The Kier molecular flexibility index (Phi) is 3.46. The van der Waals surface area contributed by atoms with Gasteiger partial charge in [-0.3, -0.25) is 9.88 Å². The standard InChI is InChI=1S/C14H17F3N2O2/c1-19-10-4-13(20,5-11(19)8-21-7-10)9-2-3-12(18-6-9)14(15,16)17/h2-3,6,10-11,20H,4-5,7-8H2,1H3. The first kappa shape index (κ1) is 14.7. The molecule has 4 nitrogen and oxygen atoms in total. The van der Waals surface area contributed by atoms with Crippen LogP contribution in [0.2, 0.25) is 0 Å². The van der Waals surface area contributed by atoms with Gasteiger partial charge in [0.05, 0.1) is 18.8 Å². The van der Waals surface area contributed by atoms with Gasteiger partial charge in [0, 0.05) is 23.8 Å². The van der Waals surface area contributed by atoms with Gasteiger partial charge in [0.15, 0.2) is 0 Å². The van der Waals surface area contributed by atoms with Crippen LogP contribution in [0.4, 0.5) is 13.2 Å². The SMILES string of the molecule is CN1C2COCC1CC(O)(c1ccc(C(F)(F)F)nc1)C2. The number of hydrogen-bond acceptors (Lipinski definition) is 4. The summed E-state index contributed by atoms with van der Waals surface area (Å²) in [6.45, 7) is 1.06. The molecule has 0 amide bonds. The van der Waals surface area contributed by atoms with E-state index in [4.69, 9.17) is 4.74 Å². The lowest BCUT2D eigenvalue weighted by molar-refractivity contribution is -0.142. The second-order valence-corrected chi connectivity index (χ2v) is 5.88. The molecule has 0 saturated carbocycles. The largest absolute Gasteiger partial charge is 0.433 e. The summed E-state index contributed by atoms with van der Waals surface area (Å²) in [6, 6.07) is 2.41. The van der Waals surface area contributed by atoms with E-state index >= 15 is 0 Å². The normalized spacial score (nSPS) is 34.0. The molecule has 0 aromatic carbocycles. The number of aliphatic hydroxyl groups is 1. The molecule has 0 radical (unpaired) electrons. The molecule has 116 valence electrons. The van der Waals surface area contributed by atoms with E-state index < -0.39 is 17.5 Å². The van der Waals surface area contributed by atoms with E-state index in [0.717, 1.165) is 12.3 Å². The number of rotatable bonds is 1. The highest BCUT2D eigenvalue weighted by atomic mass is 19.4. The molecule has 7 heteroatoms. The molecule has 2 aliphatic heterocycles. The average molecular weight is 302 g/mol. The van der Waals surface area contributed by atoms with Gasteiger partial charge in [-0.15, -0.1) is 0 Å².